The van der Waals surface area contributed by atoms with Crippen molar-refractivity contribution in [2.75, 3.05) is 13.1 Å². The monoisotopic (exact) mass is 306 g/mol. The largest absolute Gasteiger partial charge is 0.369 e. The van der Waals surface area contributed by atoms with Crippen LogP contribution in [0.4, 0.5) is 0 Å². The van der Waals surface area contributed by atoms with Crippen LogP contribution in [0.1, 0.15) is 0 Å². The number of nitrogens with zero attached hydrogens (tertiary/aromatic N) is 2. The van der Waals surface area contributed by atoms with E-state index in [1.165, 1.54) is 12.3 Å². The van der Waals surface area contributed by atoms with E-state index in [9.17, 15) is 18.0 Å². The number of rotatable bonds is 6. The number of aromatic nitrogens is 1. The lowest BCUT2D eigenvalue weighted by Gasteiger charge is -2.19. The Hall–Kier alpha value is -1.71. The van der Waals surface area contributed by atoms with E-state index in [-0.39, 0.29) is 9.92 Å². The van der Waals surface area contributed by atoms with Gasteiger partial charge >= 0.3 is 0 Å². The first-order valence-corrected chi connectivity index (χ1v) is 6.73. The number of primary amides is 2. The summed E-state index contributed by atoms with van der Waals surface area (Å²) in [5.41, 5.74) is 9.87. The lowest BCUT2D eigenvalue weighted by atomic mass is 10.5. The highest BCUT2D eigenvalue weighted by Gasteiger charge is 2.29. The molecule has 0 radical (unpaired) electrons. The van der Waals surface area contributed by atoms with Gasteiger partial charge in [0.15, 0.2) is 0 Å². The normalized spacial score (nSPS) is 11.5. The number of carbonyl (C=O) groups is 2. The summed E-state index contributed by atoms with van der Waals surface area (Å²) in [5.74, 6) is -1.85. The molecule has 0 bridgehead atoms. The maximum Gasteiger partial charge on any atom is 0.247 e. The minimum absolute atomic E-state index is 0.0889. The summed E-state index contributed by atoms with van der Waals surface area (Å²) in [7, 11) is -4.18. The SMILES string of the molecule is NC(=O)CN(CC(N)=O)S(=O)(=O)c1cnccc1Cl. The van der Waals surface area contributed by atoms with Crippen molar-refractivity contribution in [2.45, 2.75) is 4.90 Å². The zero-order chi connectivity index (χ0) is 14.6. The van der Waals surface area contributed by atoms with Crippen molar-refractivity contribution in [1.29, 1.82) is 0 Å². The van der Waals surface area contributed by atoms with Gasteiger partial charge in [0.05, 0.1) is 18.1 Å². The molecule has 10 heteroatoms. The van der Waals surface area contributed by atoms with E-state index < -0.39 is 34.9 Å². The summed E-state index contributed by atoms with van der Waals surface area (Å²) >= 11 is 5.75. The fourth-order valence-electron chi connectivity index (χ4n) is 1.27. The number of halogens is 1. The number of amides is 2. The van der Waals surface area contributed by atoms with Gasteiger partial charge in [-0.05, 0) is 6.07 Å². The van der Waals surface area contributed by atoms with E-state index in [4.69, 9.17) is 23.1 Å². The van der Waals surface area contributed by atoms with Crippen molar-refractivity contribution in [3.63, 3.8) is 0 Å². The Morgan fingerprint density at radius 2 is 1.79 bits per heavy atom. The Kier molecular flexibility index (Phi) is 4.81. The molecule has 19 heavy (non-hydrogen) atoms. The molecular formula is C9H11ClN4O4S. The summed E-state index contributed by atoms with van der Waals surface area (Å²) in [5, 5.41) is -0.0889. The maximum atomic E-state index is 12.2. The predicted octanol–water partition coefficient (Wildman–Crippen LogP) is -1.30. The topological polar surface area (TPSA) is 136 Å². The molecule has 1 aromatic rings. The molecule has 2 amide bonds. The number of nitrogens with two attached hydrogens (primary N) is 2. The van der Waals surface area contributed by atoms with Crippen LogP contribution >= 0.6 is 11.6 Å². The number of carbonyl (C=O) groups excluding carboxylic acids is 2. The third-order valence-electron chi connectivity index (χ3n) is 2.02. The molecule has 1 aromatic heterocycles. The van der Waals surface area contributed by atoms with Crippen LogP contribution in [0, 0.1) is 0 Å². The number of hydrogen-bond acceptors (Lipinski definition) is 5. The number of sulfonamides is 1. The molecule has 0 atom stereocenters. The fraction of sp³-hybridized carbons (Fsp3) is 0.222. The van der Waals surface area contributed by atoms with Gasteiger partial charge in [-0.2, -0.15) is 4.31 Å². The average molecular weight is 307 g/mol. The Morgan fingerprint density at radius 3 is 2.21 bits per heavy atom. The highest BCUT2D eigenvalue weighted by atomic mass is 35.5. The van der Waals surface area contributed by atoms with Gasteiger partial charge in [0.1, 0.15) is 4.90 Å². The first kappa shape index (κ1) is 15.3. The molecule has 0 aliphatic heterocycles. The minimum Gasteiger partial charge on any atom is -0.369 e. The molecule has 0 saturated heterocycles. The van der Waals surface area contributed by atoms with Crippen molar-refractivity contribution >= 4 is 33.4 Å². The predicted molar refractivity (Wildman–Crippen MR) is 66.4 cm³/mol. The molecule has 0 unspecified atom stereocenters. The summed E-state index contributed by atoms with van der Waals surface area (Å²) < 4.78 is 25.0. The van der Waals surface area contributed by atoms with Crippen molar-refractivity contribution in [1.82, 2.24) is 9.29 Å². The molecule has 0 aliphatic rings. The van der Waals surface area contributed by atoms with Crippen LogP contribution in [0.3, 0.4) is 0 Å². The molecule has 0 saturated carbocycles. The van der Waals surface area contributed by atoms with Crippen molar-refractivity contribution in [3.05, 3.63) is 23.5 Å². The van der Waals surface area contributed by atoms with E-state index in [1.54, 1.807) is 0 Å². The Bertz CT molecular complexity index is 588. The second-order valence-corrected chi connectivity index (χ2v) is 5.83. The van der Waals surface area contributed by atoms with Crippen LogP contribution in [0.2, 0.25) is 5.02 Å². The molecule has 8 nitrogen and oxygen atoms in total. The molecular weight excluding hydrogens is 296 g/mol. The van der Waals surface area contributed by atoms with E-state index in [0.717, 1.165) is 6.20 Å². The zero-order valence-electron chi connectivity index (χ0n) is 9.61. The highest BCUT2D eigenvalue weighted by molar-refractivity contribution is 7.89. The lowest BCUT2D eigenvalue weighted by Crippen LogP contribution is -2.43. The summed E-state index contributed by atoms with van der Waals surface area (Å²) in [6, 6.07) is 1.27. The molecule has 0 fully saturated rings. The summed E-state index contributed by atoms with van der Waals surface area (Å²) in [6.45, 7) is -1.37. The van der Waals surface area contributed by atoms with Gasteiger partial charge in [-0.25, -0.2) is 8.42 Å². The van der Waals surface area contributed by atoms with Gasteiger partial charge < -0.3 is 11.5 Å². The molecule has 104 valence electrons. The zero-order valence-corrected chi connectivity index (χ0v) is 11.2. The van der Waals surface area contributed by atoms with Gasteiger partial charge in [0.2, 0.25) is 21.8 Å². The van der Waals surface area contributed by atoms with Crippen molar-refractivity contribution in [3.8, 4) is 0 Å². The van der Waals surface area contributed by atoms with Crippen molar-refractivity contribution in [2.24, 2.45) is 11.5 Å². The number of hydrogen-bond donors (Lipinski definition) is 2. The van der Waals surface area contributed by atoms with Gasteiger partial charge in [-0.15, -0.1) is 0 Å². The van der Waals surface area contributed by atoms with Crippen LogP contribution < -0.4 is 11.5 Å². The first-order chi connectivity index (χ1) is 8.75. The van der Waals surface area contributed by atoms with Crippen LogP contribution in [0.15, 0.2) is 23.4 Å². The molecule has 4 N–H and O–H groups in total. The van der Waals surface area contributed by atoms with E-state index in [0.29, 0.717) is 4.31 Å². The second-order valence-electron chi connectivity index (χ2n) is 3.51. The molecule has 0 spiro atoms. The quantitative estimate of drug-likeness (QED) is 0.672. The standard InChI is InChI=1S/C9H11ClN4O4S/c10-6-1-2-13-3-7(6)19(17,18)14(4-8(11)15)5-9(12)16/h1-3H,4-5H2,(H2,11,15)(H2,12,16). The van der Waals surface area contributed by atoms with Crippen LogP contribution in [-0.4, -0.2) is 42.6 Å². The van der Waals surface area contributed by atoms with Crippen LogP contribution in [0.5, 0.6) is 0 Å². The maximum absolute atomic E-state index is 12.2. The summed E-state index contributed by atoms with van der Waals surface area (Å²) in [6.07, 6.45) is 2.31. The Balaban J connectivity index is 3.23. The van der Waals surface area contributed by atoms with E-state index in [2.05, 4.69) is 4.98 Å². The van der Waals surface area contributed by atoms with E-state index in [1.807, 2.05) is 0 Å². The third kappa shape index (κ3) is 3.88. The van der Waals surface area contributed by atoms with Gasteiger partial charge in [-0.3, -0.25) is 14.6 Å². The van der Waals surface area contributed by atoms with Gasteiger partial charge in [-0.1, -0.05) is 11.6 Å². The smallest absolute Gasteiger partial charge is 0.247 e. The van der Waals surface area contributed by atoms with Crippen LogP contribution in [-0.2, 0) is 19.6 Å². The molecule has 1 heterocycles. The molecule has 0 aromatic carbocycles. The molecule has 1 rings (SSSR count). The molecule has 0 aliphatic carbocycles. The van der Waals surface area contributed by atoms with Crippen LogP contribution in [0.25, 0.3) is 0 Å². The number of pyridine rings is 1. The fourth-order valence-corrected chi connectivity index (χ4v) is 3.04. The first-order valence-electron chi connectivity index (χ1n) is 4.91. The third-order valence-corrected chi connectivity index (χ3v) is 4.28. The van der Waals surface area contributed by atoms with Crippen molar-refractivity contribution < 1.29 is 18.0 Å². The lowest BCUT2D eigenvalue weighted by molar-refractivity contribution is -0.120. The van der Waals surface area contributed by atoms with E-state index >= 15 is 0 Å². The Labute approximate surface area is 114 Å². The summed E-state index contributed by atoms with van der Waals surface area (Å²) in [4.78, 5) is 25.0. The minimum atomic E-state index is -4.18. The second kappa shape index (κ2) is 5.95. The van der Waals surface area contributed by atoms with Gasteiger partial charge in [0.25, 0.3) is 0 Å². The highest BCUT2D eigenvalue weighted by Crippen LogP contribution is 2.22. The average Bonchev–Trinajstić information content (AvgIpc) is 2.27. The van der Waals surface area contributed by atoms with Gasteiger partial charge in [0, 0.05) is 12.4 Å². The Morgan fingerprint density at radius 1 is 1.26 bits per heavy atom.